The number of aliphatic hydroxyl groups excluding tert-OH is 1. The molecule has 1 aromatic heterocycles. The van der Waals surface area contributed by atoms with Crippen LogP contribution < -0.4 is 9.47 Å². The second kappa shape index (κ2) is 11.1. The molecule has 3 aliphatic rings. The fraction of sp³-hybridized carbons (Fsp3) is 0.562. The highest BCUT2D eigenvalue weighted by Gasteiger charge is 2.48. The van der Waals surface area contributed by atoms with Crippen molar-refractivity contribution < 1.29 is 19.3 Å². The highest BCUT2D eigenvalue weighted by Crippen LogP contribution is 2.50. The lowest BCUT2D eigenvalue weighted by atomic mass is 9.68. The predicted molar refractivity (Wildman–Crippen MR) is 154 cm³/mol. The number of likely N-dealkylation sites (tertiary alicyclic amines) is 1. The summed E-state index contributed by atoms with van der Waals surface area (Å²) in [6.45, 7) is 6.97. The molecule has 2 aromatic carbocycles. The summed E-state index contributed by atoms with van der Waals surface area (Å²) in [6, 6.07) is 14.7. The first-order chi connectivity index (χ1) is 19.1. The molecule has 0 radical (unpaired) electrons. The maximum absolute atomic E-state index is 10.8. The molecule has 2 saturated heterocycles. The van der Waals surface area contributed by atoms with Crippen LogP contribution in [0.15, 0.2) is 42.5 Å². The van der Waals surface area contributed by atoms with Crippen LogP contribution in [0, 0.1) is 5.92 Å². The van der Waals surface area contributed by atoms with Crippen LogP contribution in [0.4, 0.5) is 0 Å². The van der Waals surface area contributed by atoms with E-state index in [0.29, 0.717) is 0 Å². The van der Waals surface area contributed by atoms with E-state index in [1.807, 2.05) is 12.1 Å². The van der Waals surface area contributed by atoms with Crippen LogP contribution in [-0.2, 0) is 23.7 Å². The van der Waals surface area contributed by atoms with E-state index in [1.165, 1.54) is 41.5 Å². The van der Waals surface area contributed by atoms with Gasteiger partial charge in [-0.25, -0.2) is 0 Å². The Balaban J connectivity index is 1.39. The Bertz CT molecular complexity index is 1290. The van der Waals surface area contributed by atoms with E-state index in [9.17, 15) is 5.11 Å². The van der Waals surface area contributed by atoms with Gasteiger partial charge in [0.15, 0.2) is 0 Å². The van der Waals surface area contributed by atoms with Crippen molar-refractivity contribution in [1.82, 2.24) is 14.4 Å². The summed E-state index contributed by atoms with van der Waals surface area (Å²) >= 11 is 0. The highest BCUT2D eigenvalue weighted by molar-refractivity contribution is 5.88. The highest BCUT2D eigenvalue weighted by atomic mass is 16.5. The Morgan fingerprint density at radius 1 is 1.03 bits per heavy atom. The van der Waals surface area contributed by atoms with Gasteiger partial charge in [0.05, 0.1) is 32.4 Å². The second-order valence-corrected chi connectivity index (χ2v) is 11.8. The van der Waals surface area contributed by atoms with Gasteiger partial charge >= 0.3 is 0 Å². The molecule has 0 bridgehead atoms. The summed E-state index contributed by atoms with van der Waals surface area (Å²) in [5.41, 5.74) is 5.07. The Labute approximate surface area is 232 Å². The van der Waals surface area contributed by atoms with Crippen molar-refractivity contribution in [2.75, 3.05) is 60.2 Å². The van der Waals surface area contributed by atoms with E-state index in [-0.39, 0.29) is 18.1 Å². The van der Waals surface area contributed by atoms with Crippen molar-refractivity contribution >= 4 is 10.9 Å². The number of rotatable bonds is 7. The Morgan fingerprint density at radius 3 is 2.51 bits per heavy atom. The molecule has 4 heterocycles. The second-order valence-electron chi connectivity index (χ2n) is 11.8. The Hall–Kier alpha value is -2.58. The van der Waals surface area contributed by atoms with E-state index in [1.54, 1.807) is 14.2 Å². The lowest BCUT2D eigenvalue weighted by Crippen LogP contribution is -2.54. The van der Waals surface area contributed by atoms with Gasteiger partial charge in [0, 0.05) is 68.0 Å². The van der Waals surface area contributed by atoms with E-state index in [4.69, 9.17) is 14.2 Å². The zero-order valence-electron chi connectivity index (χ0n) is 23.7. The molecule has 3 aromatic rings. The molecule has 0 amide bonds. The molecular weight excluding hydrogens is 490 g/mol. The Morgan fingerprint density at radius 2 is 1.79 bits per heavy atom. The molecule has 3 aliphatic heterocycles. The van der Waals surface area contributed by atoms with Gasteiger partial charge in [0.2, 0.25) is 0 Å². The number of hydrogen-bond acceptors (Lipinski definition) is 6. The van der Waals surface area contributed by atoms with Crippen molar-refractivity contribution in [2.24, 2.45) is 13.0 Å². The van der Waals surface area contributed by atoms with Gasteiger partial charge in [-0.3, -0.25) is 4.90 Å². The number of piperidine rings is 1. The zero-order chi connectivity index (χ0) is 27.0. The number of fused-ring (bicyclic) bond motifs is 4. The minimum absolute atomic E-state index is 0.0310. The lowest BCUT2D eigenvalue weighted by molar-refractivity contribution is 0.0246. The number of para-hydroxylation sites is 1. The first-order valence-electron chi connectivity index (χ1n) is 14.5. The van der Waals surface area contributed by atoms with Crippen LogP contribution in [0.1, 0.15) is 48.5 Å². The van der Waals surface area contributed by atoms with E-state index >= 15 is 0 Å². The molecule has 1 N–H and O–H groups in total. The third-order valence-corrected chi connectivity index (χ3v) is 9.65. The molecule has 0 saturated carbocycles. The van der Waals surface area contributed by atoms with Crippen LogP contribution in [0.2, 0.25) is 0 Å². The first kappa shape index (κ1) is 26.6. The van der Waals surface area contributed by atoms with Crippen molar-refractivity contribution in [3.05, 3.63) is 59.3 Å². The number of aromatic nitrogens is 1. The van der Waals surface area contributed by atoms with Crippen LogP contribution in [-0.4, -0.2) is 79.7 Å². The summed E-state index contributed by atoms with van der Waals surface area (Å²) in [5, 5.41) is 12.2. The monoisotopic (exact) mass is 533 g/mol. The summed E-state index contributed by atoms with van der Waals surface area (Å²) in [4.78, 5) is 5.20. The average Bonchev–Trinajstić information content (AvgIpc) is 3.27. The fourth-order valence-corrected chi connectivity index (χ4v) is 7.55. The van der Waals surface area contributed by atoms with Crippen molar-refractivity contribution in [3.8, 4) is 11.5 Å². The molecule has 1 spiro atoms. The van der Waals surface area contributed by atoms with E-state index in [2.05, 4.69) is 51.7 Å². The number of ether oxygens (including phenoxy) is 3. The topological polar surface area (TPSA) is 59.3 Å². The van der Waals surface area contributed by atoms with Gasteiger partial charge < -0.3 is 28.8 Å². The molecule has 6 rings (SSSR count). The molecule has 210 valence electrons. The third kappa shape index (κ3) is 4.84. The molecule has 39 heavy (non-hydrogen) atoms. The number of aryl methyl sites for hydroxylation is 1. The number of benzene rings is 2. The van der Waals surface area contributed by atoms with Gasteiger partial charge in [0.25, 0.3) is 0 Å². The van der Waals surface area contributed by atoms with Crippen LogP contribution in [0.3, 0.4) is 0 Å². The Kier molecular flexibility index (Phi) is 7.60. The quantitative estimate of drug-likeness (QED) is 0.483. The fourth-order valence-electron chi connectivity index (χ4n) is 7.55. The summed E-state index contributed by atoms with van der Waals surface area (Å²) in [7, 11) is 5.62. The normalized spacial score (nSPS) is 22.3. The van der Waals surface area contributed by atoms with Gasteiger partial charge in [-0.1, -0.05) is 18.2 Å². The third-order valence-electron chi connectivity index (χ3n) is 9.65. The van der Waals surface area contributed by atoms with Crippen molar-refractivity contribution in [2.45, 2.75) is 43.7 Å². The van der Waals surface area contributed by atoms with Gasteiger partial charge in [0.1, 0.15) is 11.5 Å². The largest absolute Gasteiger partial charge is 0.497 e. The molecule has 0 unspecified atom stereocenters. The van der Waals surface area contributed by atoms with E-state index < -0.39 is 0 Å². The SMILES string of the molecule is COc1ccc2c3c(n(C)c2c1)[C@H](CO)N(Cc1ccccc1OC)CC31CCN(CC2CCOCC2)CC1. The smallest absolute Gasteiger partial charge is 0.123 e. The summed E-state index contributed by atoms with van der Waals surface area (Å²) < 4.78 is 19.3. The number of methoxy groups -OCH3 is 2. The standard InChI is InChI=1S/C32H43N3O4/c1-33-27-18-25(37-2)8-9-26(27)30-31(33)28(21-36)35(20-24-6-4-5-7-29(24)38-3)22-32(30)12-14-34(15-13-32)19-23-10-16-39-17-11-23/h4-9,18,23,28,36H,10-17,19-22H2,1-3H3/t28-/m0/s1. The predicted octanol–water partition coefficient (Wildman–Crippen LogP) is 4.50. The maximum Gasteiger partial charge on any atom is 0.123 e. The van der Waals surface area contributed by atoms with E-state index in [0.717, 1.165) is 75.2 Å². The van der Waals surface area contributed by atoms with Crippen LogP contribution in [0.5, 0.6) is 11.5 Å². The first-order valence-corrected chi connectivity index (χ1v) is 14.5. The summed E-state index contributed by atoms with van der Waals surface area (Å²) in [6.07, 6.45) is 4.60. The number of aliphatic hydroxyl groups is 1. The van der Waals surface area contributed by atoms with Gasteiger partial charge in [-0.15, -0.1) is 0 Å². The molecule has 7 heteroatoms. The van der Waals surface area contributed by atoms with Crippen molar-refractivity contribution in [1.29, 1.82) is 0 Å². The summed E-state index contributed by atoms with van der Waals surface area (Å²) in [5.74, 6) is 2.52. The minimum Gasteiger partial charge on any atom is -0.497 e. The number of hydrogen-bond donors (Lipinski definition) is 1. The molecule has 7 nitrogen and oxygen atoms in total. The average molecular weight is 534 g/mol. The van der Waals surface area contributed by atoms with Gasteiger partial charge in [-0.2, -0.15) is 0 Å². The minimum atomic E-state index is -0.0841. The van der Waals surface area contributed by atoms with Crippen LogP contribution in [0.25, 0.3) is 10.9 Å². The van der Waals surface area contributed by atoms with Gasteiger partial charge in [-0.05, 0) is 68.5 Å². The molecule has 0 aliphatic carbocycles. The lowest BCUT2D eigenvalue weighted by Gasteiger charge is -2.51. The number of nitrogens with zero attached hydrogens (tertiary/aromatic N) is 3. The maximum atomic E-state index is 10.8. The molecule has 2 fully saturated rings. The zero-order valence-corrected chi connectivity index (χ0v) is 23.7. The van der Waals surface area contributed by atoms with Crippen LogP contribution >= 0.6 is 0 Å². The van der Waals surface area contributed by atoms with Crippen molar-refractivity contribution in [3.63, 3.8) is 0 Å². The molecule has 1 atom stereocenters. The molecular formula is C32H43N3O4.